The van der Waals surface area contributed by atoms with Gasteiger partial charge < -0.3 is 0 Å². The van der Waals surface area contributed by atoms with Crippen LogP contribution in [0.15, 0.2) is 31.2 Å². The van der Waals surface area contributed by atoms with Crippen LogP contribution in [0.25, 0.3) is 0 Å². The summed E-state index contributed by atoms with van der Waals surface area (Å²) in [7, 11) is 0. The lowest BCUT2D eigenvalue weighted by Gasteiger charge is -1.96. The third-order valence-corrected chi connectivity index (χ3v) is 1.53. The molecule has 0 fully saturated rings. The summed E-state index contributed by atoms with van der Waals surface area (Å²) in [6.07, 6.45) is 6.78. The Morgan fingerprint density at radius 2 is 1.69 bits per heavy atom. The Balaban J connectivity index is 2.16. The zero-order chi connectivity index (χ0) is 8.93. The lowest BCUT2D eigenvalue weighted by Crippen LogP contribution is -1.98. The molecule has 0 N–H and O–H groups in total. The zero-order valence-corrected chi connectivity index (χ0v) is 6.83. The van der Waals surface area contributed by atoms with Crippen molar-refractivity contribution in [2.24, 2.45) is 0 Å². The number of aromatic nitrogens is 5. The van der Waals surface area contributed by atoms with E-state index in [0.29, 0.717) is 12.2 Å². The highest BCUT2D eigenvalue weighted by Gasteiger charge is 1.97. The number of hydrogen-bond donors (Lipinski definition) is 0. The van der Waals surface area contributed by atoms with Gasteiger partial charge in [0.25, 0.3) is 0 Å². The summed E-state index contributed by atoms with van der Waals surface area (Å²) < 4.78 is 0. The Bertz CT molecular complexity index is 323. The average Bonchev–Trinajstić information content (AvgIpc) is 2.21. The molecule has 13 heavy (non-hydrogen) atoms. The Morgan fingerprint density at radius 3 is 2.38 bits per heavy atom. The second-order valence-electron chi connectivity index (χ2n) is 2.43. The van der Waals surface area contributed by atoms with Gasteiger partial charge in [0.05, 0.1) is 12.1 Å². The van der Waals surface area contributed by atoms with Gasteiger partial charge in [0.2, 0.25) is 0 Å². The lowest BCUT2D eigenvalue weighted by molar-refractivity contribution is 0.890. The highest BCUT2D eigenvalue weighted by atomic mass is 15.0. The van der Waals surface area contributed by atoms with Crippen LogP contribution in [-0.2, 0) is 6.42 Å². The molecule has 2 rings (SSSR count). The maximum atomic E-state index is 4.06. The van der Waals surface area contributed by atoms with Crippen molar-refractivity contribution in [3.05, 3.63) is 42.8 Å². The summed E-state index contributed by atoms with van der Waals surface area (Å²) in [6.45, 7) is 0. The minimum Gasteiger partial charge on any atom is -0.245 e. The zero-order valence-electron chi connectivity index (χ0n) is 6.83. The maximum Gasteiger partial charge on any atom is 0.137 e. The summed E-state index contributed by atoms with van der Waals surface area (Å²) in [5, 5.41) is 0. The average molecular weight is 173 g/mol. The second-order valence-corrected chi connectivity index (χ2v) is 2.43. The van der Waals surface area contributed by atoms with Crippen molar-refractivity contribution in [1.29, 1.82) is 0 Å². The van der Waals surface area contributed by atoms with Crippen LogP contribution < -0.4 is 0 Å². The predicted octanol–water partition coefficient (Wildman–Crippen LogP) is 0.252. The first kappa shape index (κ1) is 7.72. The molecule has 0 spiro atoms. The quantitative estimate of drug-likeness (QED) is 0.651. The molecule has 0 aliphatic heterocycles. The van der Waals surface area contributed by atoms with Crippen LogP contribution in [0.1, 0.15) is 11.5 Å². The van der Waals surface area contributed by atoms with Crippen molar-refractivity contribution in [3.8, 4) is 0 Å². The highest BCUT2D eigenvalue weighted by Crippen LogP contribution is 1.97. The first-order valence-electron chi connectivity index (χ1n) is 3.81. The number of hydrogen-bond acceptors (Lipinski definition) is 5. The molecule has 0 radical (unpaired) electrons. The van der Waals surface area contributed by atoms with Gasteiger partial charge in [-0.25, -0.2) is 24.9 Å². The minimum absolute atomic E-state index is 0.616. The van der Waals surface area contributed by atoms with E-state index in [1.165, 1.54) is 19.0 Å². The summed E-state index contributed by atoms with van der Waals surface area (Å²) in [5.41, 5.74) is 0.904. The van der Waals surface area contributed by atoms with Crippen LogP contribution in [0, 0.1) is 0 Å². The first-order chi connectivity index (χ1) is 6.45. The van der Waals surface area contributed by atoms with Gasteiger partial charge in [0, 0.05) is 6.20 Å². The molecule has 0 bridgehead atoms. The standard InChI is InChI=1S/C8H7N5/c1-2-9-4-11-7(1)3-8-12-5-10-6-13-8/h1-2,4-6H,3H2. The van der Waals surface area contributed by atoms with Crippen LogP contribution in [-0.4, -0.2) is 24.9 Å². The highest BCUT2D eigenvalue weighted by molar-refractivity contribution is 5.05. The van der Waals surface area contributed by atoms with Crippen molar-refractivity contribution in [1.82, 2.24) is 24.9 Å². The van der Waals surface area contributed by atoms with Gasteiger partial charge in [-0.05, 0) is 6.07 Å². The molecule has 0 unspecified atom stereocenters. The van der Waals surface area contributed by atoms with Gasteiger partial charge in [-0.2, -0.15) is 0 Å². The molecule has 0 atom stereocenters. The van der Waals surface area contributed by atoms with E-state index in [9.17, 15) is 0 Å². The van der Waals surface area contributed by atoms with Crippen molar-refractivity contribution in [2.75, 3.05) is 0 Å². The molecule has 64 valence electrons. The molecule has 0 amide bonds. The van der Waals surface area contributed by atoms with Crippen LogP contribution in [0.5, 0.6) is 0 Å². The largest absolute Gasteiger partial charge is 0.245 e. The molecule has 2 aromatic rings. The molecule has 2 heterocycles. The number of nitrogens with zero attached hydrogens (tertiary/aromatic N) is 5. The van der Waals surface area contributed by atoms with Crippen molar-refractivity contribution in [2.45, 2.75) is 6.42 Å². The predicted molar refractivity (Wildman–Crippen MR) is 44.7 cm³/mol. The van der Waals surface area contributed by atoms with Gasteiger partial charge >= 0.3 is 0 Å². The monoisotopic (exact) mass is 173 g/mol. The molecular formula is C8H7N5. The molecule has 0 saturated heterocycles. The van der Waals surface area contributed by atoms with E-state index in [-0.39, 0.29) is 0 Å². The molecule has 0 aliphatic rings. The fraction of sp³-hybridized carbons (Fsp3) is 0.125. The van der Waals surface area contributed by atoms with Crippen LogP contribution in [0.4, 0.5) is 0 Å². The lowest BCUT2D eigenvalue weighted by atomic mass is 10.3. The normalized spacial score (nSPS) is 9.85. The molecule has 0 aliphatic carbocycles. The maximum absolute atomic E-state index is 4.06. The second kappa shape index (κ2) is 3.66. The number of rotatable bonds is 2. The molecule has 2 aromatic heterocycles. The summed E-state index contributed by atoms with van der Waals surface area (Å²) in [4.78, 5) is 19.6. The van der Waals surface area contributed by atoms with E-state index >= 15 is 0 Å². The summed E-state index contributed by atoms with van der Waals surface area (Å²) in [5.74, 6) is 0.716. The van der Waals surface area contributed by atoms with Crippen molar-refractivity contribution < 1.29 is 0 Å². The summed E-state index contributed by atoms with van der Waals surface area (Å²) >= 11 is 0. The van der Waals surface area contributed by atoms with E-state index in [4.69, 9.17) is 0 Å². The van der Waals surface area contributed by atoms with Gasteiger partial charge in [0.1, 0.15) is 24.8 Å². The van der Waals surface area contributed by atoms with E-state index in [0.717, 1.165) is 5.69 Å². The Hall–Kier alpha value is -1.91. The fourth-order valence-corrected chi connectivity index (χ4v) is 0.939. The Labute approximate surface area is 75.0 Å². The third-order valence-electron chi connectivity index (χ3n) is 1.53. The molecule has 0 aromatic carbocycles. The van der Waals surface area contributed by atoms with Gasteiger partial charge in [-0.1, -0.05) is 0 Å². The SMILES string of the molecule is c1cc(Cc2ncncn2)ncn1. The van der Waals surface area contributed by atoms with Gasteiger partial charge in [-0.3, -0.25) is 0 Å². The van der Waals surface area contributed by atoms with Crippen molar-refractivity contribution >= 4 is 0 Å². The molecule has 5 heteroatoms. The summed E-state index contributed by atoms with van der Waals surface area (Å²) in [6, 6.07) is 1.84. The first-order valence-corrected chi connectivity index (χ1v) is 3.81. The van der Waals surface area contributed by atoms with E-state index in [1.54, 1.807) is 6.20 Å². The smallest absolute Gasteiger partial charge is 0.137 e. The van der Waals surface area contributed by atoms with Gasteiger partial charge in [-0.15, -0.1) is 0 Å². The van der Waals surface area contributed by atoms with Crippen LogP contribution in [0.3, 0.4) is 0 Å². The molecular weight excluding hydrogens is 166 g/mol. The Morgan fingerprint density at radius 1 is 0.923 bits per heavy atom. The third kappa shape index (κ3) is 2.02. The van der Waals surface area contributed by atoms with Crippen LogP contribution >= 0.6 is 0 Å². The molecule has 0 saturated carbocycles. The Kier molecular flexibility index (Phi) is 2.18. The molecule has 5 nitrogen and oxygen atoms in total. The van der Waals surface area contributed by atoms with E-state index < -0.39 is 0 Å². The van der Waals surface area contributed by atoms with E-state index in [2.05, 4.69) is 24.9 Å². The van der Waals surface area contributed by atoms with Gasteiger partial charge in [0.15, 0.2) is 0 Å². The van der Waals surface area contributed by atoms with Crippen molar-refractivity contribution in [3.63, 3.8) is 0 Å². The fourth-order valence-electron chi connectivity index (χ4n) is 0.939. The minimum atomic E-state index is 0.616. The van der Waals surface area contributed by atoms with Crippen LogP contribution in [0.2, 0.25) is 0 Å². The topological polar surface area (TPSA) is 64.5 Å². The van der Waals surface area contributed by atoms with E-state index in [1.807, 2.05) is 6.07 Å².